The van der Waals surface area contributed by atoms with Crippen molar-refractivity contribution in [3.8, 4) is 0 Å². The smallest absolute Gasteiger partial charge is 0.227 e. The van der Waals surface area contributed by atoms with Gasteiger partial charge in [-0.1, -0.05) is 32.0 Å². The third kappa shape index (κ3) is 5.68. The Morgan fingerprint density at radius 1 is 1.06 bits per heavy atom. The summed E-state index contributed by atoms with van der Waals surface area (Å²) < 4.78 is 16.0. The second kappa shape index (κ2) is 11.2. The number of likely N-dealkylation sites (tertiary alicyclic amines) is 2. The number of aromatic nitrogens is 2. The van der Waals surface area contributed by atoms with Crippen LogP contribution in [0.2, 0.25) is 0 Å². The number of halogens is 1. The Bertz CT molecular complexity index is 981. The topological polar surface area (TPSA) is 58.4 Å². The normalized spacial score (nSPS) is 19.6. The van der Waals surface area contributed by atoms with E-state index in [1.165, 1.54) is 6.07 Å². The van der Waals surface area contributed by atoms with Gasteiger partial charge in [0, 0.05) is 57.0 Å². The highest BCUT2D eigenvalue weighted by Gasteiger charge is 2.35. The summed E-state index contributed by atoms with van der Waals surface area (Å²) in [4.78, 5) is 34.4. The number of rotatable bonds is 7. The largest absolute Gasteiger partial charge is 0.342 e. The third-order valence-corrected chi connectivity index (χ3v) is 7.44. The van der Waals surface area contributed by atoms with Crippen LogP contribution in [0.5, 0.6) is 0 Å². The molecule has 0 aliphatic carbocycles. The molecule has 0 N–H and O–H groups in total. The molecule has 0 radical (unpaired) electrons. The molecular weight excluding hydrogens is 431 g/mol. The summed E-state index contributed by atoms with van der Waals surface area (Å²) in [6.45, 7) is 7.10. The highest BCUT2D eigenvalue weighted by molar-refractivity contribution is 5.79. The number of carbonyl (C=O) groups is 2. The molecule has 2 aromatic rings. The van der Waals surface area contributed by atoms with Gasteiger partial charge >= 0.3 is 0 Å². The average Bonchev–Trinajstić information content (AvgIpc) is 3.33. The van der Waals surface area contributed by atoms with Crippen LogP contribution in [0, 0.1) is 11.7 Å². The molecule has 2 aliphatic rings. The molecule has 2 saturated heterocycles. The molecule has 3 heterocycles. The first-order valence-electron chi connectivity index (χ1n) is 12.8. The predicted octanol–water partition coefficient (Wildman–Crippen LogP) is 4.40. The fraction of sp³-hybridized carbons (Fsp3) is 0.593. The molecule has 0 saturated carbocycles. The molecular formula is C27H37FN4O2. The van der Waals surface area contributed by atoms with Gasteiger partial charge in [-0.15, -0.1) is 0 Å². The molecule has 1 aromatic heterocycles. The highest BCUT2D eigenvalue weighted by atomic mass is 19.1. The quantitative estimate of drug-likeness (QED) is 0.605. The van der Waals surface area contributed by atoms with Crippen molar-refractivity contribution in [2.45, 2.75) is 77.3 Å². The molecule has 6 nitrogen and oxygen atoms in total. The van der Waals surface area contributed by atoms with Crippen LogP contribution in [0.1, 0.15) is 69.7 Å². The maximum atomic E-state index is 13.9. The van der Waals surface area contributed by atoms with Crippen molar-refractivity contribution in [2.24, 2.45) is 5.92 Å². The Labute approximate surface area is 202 Å². The van der Waals surface area contributed by atoms with Crippen LogP contribution >= 0.6 is 0 Å². The van der Waals surface area contributed by atoms with E-state index in [1.807, 2.05) is 17.3 Å². The average molecular weight is 469 g/mol. The molecule has 34 heavy (non-hydrogen) atoms. The first-order valence-corrected chi connectivity index (χ1v) is 12.8. The van der Waals surface area contributed by atoms with Crippen LogP contribution in [-0.4, -0.2) is 56.8 Å². The summed E-state index contributed by atoms with van der Waals surface area (Å²) >= 11 is 0. The van der Waals surface area contributed by atoms with Gasteiger partial charge < -0.3 is 14.4 Å². The van der Waals surface area contributed by atoms with Crippen LogP contribution in [0.4, 0.5) is 4.39 Å². The van der Waals surface area contributed by atoms with Crippen molar-refractivity contribution < 1.29 is 14.0 Å². The SMILES string of the molecule is CC(C)c1nccn1CCC(=O)N1CCCCC1C1CCN(C(=O)Cc2ccccc2F)CC1. The number of hydrogen-bond acceptors (Lipinski definition) is 3. The van der Waals surface area contributed by atoms with E-state index in [9.17, 15) is 14.0 Å². The molecule has 2 aliphatic heterocycles. The number of benzene rings is 1. The molecule has 184 valence electrons. The van der Waals surface area contributed by atoms with Gasteiger partial charge in [0.2, 0.25) is 11.8 Å². The first-order chi connectivity index (χ1) is 16.4. The zero-order valence-corrected chi connectivity index (χ0v) is 20.5. The van der Waals surface area contributed by atoms with Gasteiger partial charge in [-0.05, 0) is 49.7 Å². The van der Waals surface area contributed by atoms with E-state index in [2.05, 4.69) is 28.3 Å². The lowest BCUT2D eigenvalue weighted by molar-refractivity contribution is -0.139. The van der Waals surface area contributed by atoms with Crippen LogP contribution in [-0.2, 0) is 22.6 Å². The van der Waals surface area contributed by atoms with Gasteiger partial charge in [-0.3, -0.25) is 9.59 Å². The van der Waals surface area contributed by atoms with Crippen molar-refractivity contribution in [3.05, 3.63) is 53.9 Å². The van der Waals surface area contributed by atoms with E-state index in [4.69, 9.17) is 0 Å². The van der Waals surface area contributed by atoms with Crippen molar-refractivity contribution in [1.82, 2.24) is 19.4 Å². The van der Waals surface area contributed by atoms with E-state index in [0.717, 1.165) is 44.5 Å². The molecule has 2 amide bonds. The summed E-state index contributed by atoms with van der Waals surface area (Å²) in [6, 6.07) is 6.75. The maximum Gasteiger partial charge on any atom is 0.227 e. The van der Waals surface area contributed by atoms with Gasteiger partial charge in [-0.2, -0.15) is 0 Å². The number of nitrogens with zero attached hydrogens (tertiary/aromatic N) is 4. The van der Waals surface area contributed by atoms with Crippen LogP contribution in [0.3, 0.4) is 0 Å². The number of carbonyl (C=O) groups excluding carboxylic acids is 2. The Balaban J connectivity index is 1.31. The Hall–Kier alpha value is -2.70. The lowest BCUT2D eigenvalue weighted by Gasteiger charge is -2.44. The number of aryl methyl sites for hydroxylation is 1. The Morgan fingerprint density at radius 2 is 1.82 bits per heavy atom. The first kappa shape index (κ1) is 24.4. The second-order valence-corrected chi connectivity index (χ2v) is 10.0. The lowest BCUT2D eigenvalue weighted by Crippen LogP contribution is -2.51. The fourth-order valence-corrected chi connectivity index (χ4v) is 5.58. The third-order valence-electron chi connectivity index (χ3n) is 7.44. The molecule has 7 heteroatoms. The van der Waals surface area contributed by atoms with Gasteiger partial charge in [0.25, 0.3) is 0 Å². The monoisotopic (exact) mass is 468 g/mol. The van der Waals surface area contributed by atoms with Gasteiger partial charge in [0.1, 0.15) is 11.6 Å². The van der Waals surface area contributed by atoms with Gasteiger partial charge in [0.15, 0.2) is 0 Å². The van der Waals surface area contributed by atoms with Crippen molar-refractivity contribution in [1.29, 1.82) is 0 Å². The molecule has 0 bridgehead atoms. The Kier molecular flexibility index (Phi) is 8.01. The van der Waals surface area contributed by atoms with E-state index in [1.54, 1.807) is 18.2 Å². The molecule has 1 unspecified atom stereocenters. The van der Waals surface area contributed by atoms with Crippen LogP contribution in [0.15, 0.2) is 36.7 Å². The second-order valence-electron chi connectivity index (χ2n) is 10.0. The molecule has 1 atom stereocenters. The maximum absolute atomic E-state index is 13.9. The summed E-state index contributed by atoms with van der Waals surface area (Å²) in [5.74, 6) is 1.67. The summed E-state index contributed by atoms with van der Waals surface area (Å²) in [5.41, 5.74) is 0.456. The molecule has 1 aromatic carbocycles. The van der Waals surface area contributed by atoms with E-state index in [-0.39, 0.29) is 30.1 Å². The molecule has 2 fully saturated rings. The summed E-state index contributed by atoms with van der Waals surface area (Å²) in [5, 5.41) is 0. The number of imidazole rings is 1. The van der Waals surface area contributed by atoms with E-state index in [0.29, 0.717) is 43.5 Å². The van der Waals surface area contributed by atoms with E-state index >= 15 is 0 Å². The minimum absolute atomic E-state index is 0.0126. The zero-order valence-electron chi connectivity index (χ0n) is 20.5. The summed E-state index contributed by atoms with van der Waals surface area (Å²) in [7, 11) is 0. The van der Waals surface area contributed by atoms with Gasteiger partial charge in [-0.25, -0.2) is 9.37 Å². The number of amides is 2. The van der Waals surface area contributed by atoms with Crippen molar-refractivity contribution in [2.75, 3.05) is 19.6 Å². The van der Waals surface area contributed by atoms with Crippen LogP contribution < -0.4 is 0 Å². The molecule has 0 spiro atoms. The lowest BCUT2D eigenvalue weighted by atomic mass is 9.83. The van der Waals surface area contributed by atoms with Crippen molar-refractivity contribution >= 4 is 11.8 Å². The minimum atomic E-state index is -0.321. The fourth-order valence-electron chi connectivity index (χ4n) is 5.58. The number of hydrogen-bond donors (Lipinski definition) is 0. The van der Waals surface area contributed by atoms with Gasteiger partial charge in [0.05, 0.1) is 6.42 Å². The molecule has 4 rings (SSSR count). The zero-order chi connectivity index (χ0) is 24.1. The standard InChI is InChI=1S/C27H37FN4O2/c1-20(2)27-29-13-18-31(27)17-12-25(33)32-14-6-5-9-24(32)21-10-15-30(16-11-21)26(34)19-22-7-3-4-8-23(22)28/h3-4,7-8,13,18,20-21,24H,5-6,9-12,14-17,19H2,1-2H3. The predicted molar refractivity (Wildman–Crippen MR) is 130 cm³/mol. The van der Waals surface area contributed by atoms with Crippen LogP contribution in [0.25, 0.3) is 0 Å². The minimum Gasteiger partial charge on any atom is -0.342 e. The summed E-state index contributed by atoms with van der Waals surface area (Å²) in [6.07, 6.45) is 9.43. The Morgan fingerprint density at radius 3 is 2.56 bits per heavy atom. The number of piperidine rings is 2. The highest BCUT2D eigenvalue weighted by Crippen LogP contribution is 2.31. The van der Waals surface area contributed by atoms with Crippen molar-refractivity contribution in [3.63, 3.8) is 0 Å². The van der Waals surface area contributed by atoms with E-state index < -0.39 is 0 Å².